The Kier molecular flexibility index (Phi) is 3.15. The van der Waals surface area contributed by atoms with E-state index < -0.39 is 24.1 Å². The third-order valence-corrected chi connectivity index (χ3v) is 1.25. The van der Waals surface area contributed by atoms with Crippen LogP contribution in [0.2, 0.25) is 0 Å². The van der Waals surface area contributed by atoms with Crippen molar-refractivity contribution < 1.29 is 23.4 Å². The third kappa shape index (κ3) is 3.13. The number of ether oxygens (including phenoxy) is 1. The average Bonchev–Trinajstić information content (AvgIpc) is 1.81. The van der Waals surface area contributed by atoms with Crippen molar-refractivity contribution in [3.8, 4) is 0 Å². The van der Waals surface area contributed by atoms with E-state index in [1.807, 2.05) is 0 Å². The highest BCUT2D eigenvalue weighted by molar-refractivity contribution is 5.68. The van der Waals surface area contributed by atoms with Gasteiger partial charge in [-0.3, -0.25) is 0 Å². The van der Waals surface area contributed by atoms with Crippen LogP contribution in [-0.2, 0) is 9.53 Å². The van der Waals surface area contributed by atoms with Crippen molar-refractivity contribution in [1.29, 1.82) is 0 Å². The summed E-state index contributed by atoms with van der Waals surface area (Å²) in [7, 11) is 0. The molecule has 0 aliphatic carbocycles. The van der Waals surface area contributed by atoms with Crippen LogP contribution in [0.4, 0.5) is 8.78 Å². The molecular formula is C7H12F2O3. The zero-order chi connectivity index (χ0) is 9.99. The molecule has 0 fully saturated rings. The van der Waals surface area contributed by atoms with E-state index in [1.54, 1.807) is 0 Å². The highest BCUT2D eigenvalue weighted by atomic mass is 19.3. The second-order valence-corrected chi connectivity index (χ2v) is 3.45. The molecule has 0 aliphatic heterocycles. The van der Waals surface area contributed by atoms with E-state index in [9.17, 15) is 13.6 Å². The largest absolute Gasteiger partial charge is 0.480 e. The summed E-state index contributed by atoms with van der Waals surface area (Å²) in [5.74, 6) is -1.40. The molecule has 0 heterocycles. The molecule has 0 bridgehead atoms. The van der Waals surface area contributed by atoms with E-state index in [0.29, 0.717) is 0 Å². The molecule has 0 spiro atoms. The monoisotopic (exact) mass is 182 g/mol. The number of carboxylic acid groups (broad SMARTS) is 1. The van der Waals surface area contributed by atoms with Crippen molar-refractivity contribution in [2.75, 3.05) is 6.61 Å². The summed E-state index contributed by atoms with van der Waals surface area (Å²) in [4.78, 5) is 9.91. The van der Waals surface area contributed by atoms with Gasteiger partial charge in [0.05, 0.1) is 5.41 Å². The molecule has 5 heteroatoms. The molecule has 0 rings (SSSR count). The van der Waals surface area contributed by atoms with Gasteiger partial charge in [0, 0.05) is 0 Å². The number of carbonyl (C=O) groups is 1. The Balaban J connectivity index is 4.14. The molecule has 0 aliphatic rings. The van der Waals surface area contributed by atoms with Gasteiger partial charge in [-0.1, -0.05) is 20.8 Å². The van der Waals surface area contributed by atoms with Gasteiger partial charge in [0.15, 0.2) is 6.61 Å². The van der Waals surface area contributed by atoms with E-state index in [4.69, 9.17) is 5.11 Å². The Labute approximate surface area is 69.3 Å². The lowest BCUT2D eigenvalue weighted by atomic mass is 9.95. The molecule has 3 nitrogen and oxygen atoms in total. The molecule has 0 saturated carbocycles. The first-order valence-electron chi connectivity index (χ1n) is 3.40. The lowest BCUT2D eigenvalue weighted by Crippen LogP contribution is -2.38. The first kappa shape index (κ1) is 11.3. The predicted molar refractivity (Wildman–Crippen MR) is 38.0 cm³/mol. The summed E-state index contributed by atoms with van der Waals surface area (Å²) in [6.07, 6.45) is -3.41. The lowest BCUT2D eigenvalue weighted by Gasteiger charge is -2.28. The molecule has 12 heavy (non-hydrogen) atoms. The molecule has 0 aromatic carbocycles. The first-order chi connectivity index (χ1) is 5.17. The molecule has 0 saturated heterocycles. The first-order valence-corrected chi connectivity index (χ1v) is 3.40. The minimum atomic E-state index is -3.41. The maximum atomic E-state index is 12.8. The summed E-state index contributed by atoms with van der Waals surface area (Å²) >= 11 is 0. The van der Waals surface area contributed by atoms with Gasteiger partial charge >= 0.3 is 12.1 Å². The lowest BCUT2D eigenvalue weighted by molar-refractivity contribution is -0.293. The van der Waals surface area contributed by atoms with E-state index in [0.717, 1.165) is 0 Å². The van der Waals surface area contributed by atoms with E-state index >= 15 is 0 Å². The molecular weight excluding hydrogens is 170 g/mol. The summed E-state index contributed by atoms with van der Waals surface area (Å²) in [5, 5.41) is 8.08. The van der Waals surface area contributed by atoms with Gasteiger partial charge in [-0.15, -0.1) is 0 Å². The van der Waals surface area contributed by atoms with Gasteiger partial charge in [-0.25, -0.2) is 4.79 Å². The van der Waals surface area contributed by atoms with Crippen LogP contribution in [0.5, 0.6) is 0 Å². The van der Waals surface area contributed by atoms with Crippen molar-refractivity contribution in [3.63, 3.8) is 0 Å². The highest BCUT2D eigenvalue weighted by Gasteiger charge is 2.44. The van der Waals surface area contributed by atoms with Crippen LogP contribution >= 0.6 is 0 Å². The van der Waals surface area contributed by atoms with Gasteiger partial charge < -0.3 is 9.84 Å². The number of hydrogen-bond donors (Lipinski definition) is 1. The van der Waals surface area contributed by atoms with Gasteiger partial charge in [-0.2, -0.15) is 8.78 Å². The van der Waals surface area contributed by atoms with Crippen molar-refractivity contribution in [2.45, 2.75) is 26.9 Å². The predicted octanol–water partition coefficient (Wildman–Crippen LogP) is 1.73. The molecule has 0 aromatic rings. The molecule has 0 unspecified atom stereocenters. The van der Waals surface area contributed by atoms with Gasteiger partial charge in [0.1, 0.15) is 0 Å². The normalized spacial score (nSPS) is 13.1. The smallest absolute Gasteiger partial charge is 0.361 e. The second-order valence-electron chi connectivity index (χ2n) is 3.45. The van der Waals surface area contributed by atoms with Crippen LogP contribution in [0.3, 0.4) is 0 Å². The minimum absolute atomic E-state index is 0.982. The number of halogens is 2. The van der Waals surface area contributed by atoms with Gasteiger partial charge in [0.25, 0.3) is 0 Å². The maximum absolute atomic E-state index is 12.8. The van der Waals surface area contributed by atoms with Crippen LogP contribution in [0.25, 0.3) is 0 Å². The molecule has 0 amide bonds. The Morgan fingerprint density at radius 3 is 2.08 bits per heavy atom. The fraction of sp³-hybridized carbons (Fsp3) is 0.857. The van der Waals surface area contributed by atoms with E-state index in [-0.39, 0.29) is 0 Å². The van der Waals surface area contributed by atoms with Crippen molar-refractivity contribution in [3.05, 3.63) is 0 Å². The Morgan fingerprint density at radius 2 is 1.83 bits per heavy atom. The summed E-state index contributed by atoms with van der Waals surface area (Å²) in [6, 6.07) is 0. The number of alkyl halides is 2. The van der Waals surface area contributed by atoms with E-state index in [1.165, 1.54) is 20.8 Å². The summed E-state index contributed by atoms with van der Waals surface area (Å²) in [6.45, 7) is 2.84. The number of rotatable bonds is 3. The van der Waals surface area contributed by atoms with Crippen LogP contribution < -0.4 is 0 Å². The third-order valence-electron chi connectivity index (χ3n) is 1.25. The molecule has 0 atom stereocenters. The molecule has 0 aromatic heterocycles. The summed E-state index contributed by atoms with van der Waals surface area (Å²) in [5.41, 5.74) is -1.39. The fourth-order valence-corrected chi connectivity index (χ4v) is 0.369. The minimum Gasteiger partial charge on any atom is -0.480 e. The number of aliphatic carboxylic acids is 1. The zero-order valence-corrected chi connectivity index (χ0v) is 7.23. The van der Waals surface area contributed by atoms with Crippen molar-refractivity contribution in [2.24, 2.45) is 5.41 Å². The number of carboxylic acids is 1. The highest BCUT2D eigenvalue weighted by Crippen LogP contribution is 2.36. The van der Waals surface area contributed by atoms with Crippen molar-refractivity contribution >= 4 is 5.97 Å². The number of hydrogen-bond acceptors (Lipinski definition) is 2. The quantitative estimate of drug-likeness (QED) is 0.722. The second kappa shape index (κ2) is 3.35. The SMILES string of the molecule is CC(C)(C)C(F)(F)OCC(=O)O. The zero-order valence-electron chi connectivity index (χ0n) is 7.23. The van der Waals surface area contributed by atoms with Crippen LogP contribution in [0, 0.1) is 5.41 Å². The van der Waals surface area contributed by atoms with Crippen LogP contribution in [0.15, 0.2) is 0 Å². The standard InChI is InChI=1S/C7H12F2O3/c1-6(2,3)7(8,9)12-4-5(10)11/h4H2,1-3H3,(H,10,11). The molecule has 1 N–H and O–H groups in total. The topological polar surface area (TPSA) is 46.5 Å². The fourth-order valence-electron chi connectivity index (χ4n) is 0.369. The Bertz CT molecular complexity index is 172. The van der Waals surface area contributed by atoms with Crippen molar-refractivity contribution in [1.82, 2.24) is 0 Å². The Hall–Kier alpha value is -0.710. The summed E-state index contributed by atoms with van der Waals surface area (Å²) < 4.78 is 29.5. The molecule has 72 valence electrons. The van der Waals surface area contributed by atoms with Crippen LogP contribution in [0.1, 0.15) is 20.8 Å². The maximum Gasteiger partial charge on any atom is 0.361 e. The van der Waals surface area contributed by atoms with E-state index in [2.05, 4.69) is 4.74 Å². The van der Waals surface area contributed by atoms with Crippen LogP contribution in [-0.4, -0.2) is 23.8 Å². The molecule has 0 radical (unpaired) electrons. The van der Waals surface area contributed by atoms with Gasteiger partial charge in [0.2, 0.25) is 0 Å². The van der Waals surface area contributed by atoms with Gasteiger partial charge in [-0.05, 0) is 0 Å². The Morgan fingerprint density at radius 1 is 1.42 bits per heavy atom. The average molecular weight is 182 g/mol.